The fourth-order valence-electron chi connectivity index (χ4n) is 1.84. The van der Waals surface area contributed by atoms with Gasteiger partial charge in [0.05, 0.1) is 11.6 Å². The first kappa shape index (κ1) is 13.2. The van der Waals surface area contributed by atoms with E-state index in [2.05, 4.69) is 25.9 Å². The highest BCUT2D eigenvalue weighted by atomic mass is 79.9. The fraction of sp³-hybridized carbons (Fsp3) is 0.286. The summed E-state index contributed by atoms with van der Waals surface area (Å²) >= 11 is 3.44. The molecule has 1 aliphatic carbocycles. The molecule has 2 aromatic rings. The van der Waals surface area contributed by atoms with Crippen LogP contribution in [0.15, 0.2) is 28.7 Å². The Morgan fingerprint density at radius 1 is 1.25 bits per heavy atom. The van der Waals surface area contributed by atoms with Gasteiger partial charge < -0.3 is 15.2 Å². The van der Waals surface area contributed by atoms with Crippen LogP contribution in [0.25, 0.3) is 0 Å². The van der Waals surface area contributed by atoms with E-state index in [4.69, 9.17) is 15.2 Å². The standard InChI is InChI=1S/C14H14BrN3O2/c1-19-9-4-5-11(10(15)6-9)20-13-7-12(16)17-14(18-13)8-2-3-8/h4-8H,2-3H2,1H3,(H2,16,17,18). The lowest BCUT2D eigenvalue weighted by molar-refractivity contribution is 0.411. The van der Waals surface area contributed by atoms with Crippen molar-refractivity contribution in [3.63, 3.8) is 0 Å². The van der Waals surface area contributed by atoms with E-state index in [0.717, 1.165) is 28.9 Å². The first-order valence-corrected chi connectivity index (χ1v) is 7.11. The van der Waals surface area contributed by atoms with E-state index >= 15 is 0 Å². The Morgan fingerprint density at radius 3 is 2.70 bits per heavy atom. The number of methoxy groups -OCH3 is 1. The molecule has 0 aliphatic heterocycles. The van der Waals surface area contributed by atoms with Crippen LogP contribution in [-0.2, 0) is 0 Å². The molecule has 1 aromatic carbocycles. The first-order chi connectivity index (χ1) is 9.65. The minimum absolute atomic E-state index is 0.431. The van der Waals surface area contributed by atoms with Gasteiger partial charge in [0.15, 0.2) is 0 Å². The van der Waals surface area contributed by atoms with Gasteiger partial charge in [-0.05, 0) is 47.0 Å². The van der Waals surface area contributed by atoms with E-state index in [-0.39, 0.29) is 0 Å². The Labute approximate surface area is 125 Å². The van der Waals surface area contributed by atoms with Crippen molar-refractivity contribution >= 4 is 21.7 Å². The van der Waals surface area contributed by atoms with Crippen molar-refractivity contribution in [2.45, 2.75) is 18.8 Å². The number of hydrogen-bond donors (Lipinski definition) is 1. The summed E-state index contributed by atoms with van der Waals surface area (Å²) in [5.41, 5.74) is 5.80. The number of halogens is 1. The van der Waals surface area contributed by atoms with E-state index in [1.807, 2.05) is 18.2 Å². The second-order valence-corrected chi connectivity index (χ2v) is 5.52. The van der Waals surface area contributed by atoms with Crippen LogP contribution in [0.1, 0.15) is 24.6 Å². The zero-order valence-corrected chi connectivity index (χ0v) is 12.6. The number of ether oxygens (including phenoxy) is 2. The third kappa shape index (κ3) is 2.85. The van der Waals surface area contributed by atoms with Crippen molar-refractivity contribution in [1.29, 1.82) is 0 Å². The van der Waals surface area contributed by atoms with Crippen molar-refractivity contribution in [3.8, 4) is 17.4 Å². The van der Waals surface area contributed by atoms with Crippen LogP contribution < -0.4 is 15.2 Å². The largest absolute Gasteiger partial charge is 0.497 e. The van der Waals surface area contributed by atoms with E-state index in [9.17, 15) is 0 Å². The average Bonchev–Trinajstić information content (AvgIpc) is 3.25. The van der Waals surface area contributed by atoms with Gasteiger partial charge in [0.25, 0.3) is 0 Å². The zero-order chi connectivity index (χ0) is 14.1. The summed E-state index contributed by atoms with van der Waals surface area (Å²) < 4.78 is 11.7. The molecule has 0 radical (unpaired) electrons. The molecule has 5 nitrogen and oxygen atoms in total. The van der Waals surface area contributed by atoms with Gasteiger partial charge in [-0.3, -0.25) is 0 Å². The Morgan fingerprint density at radius 2 is 2.05 bits per heavy atom. The summed E-state index contributed by atoms with van der Waals surface area (Å²) in [5.74, 6) is 3.51. The quantitative estimate of drug-likeness (QED) is 0.925. The average molecular weight is 336 g/mol. The number of anilines is 1. The van der Waals surface area contributed by atoms with Gasteiger partial charge >= 0.3 is 0 Å². The van der Waals surface area contributed by atoms with Crippen LogP contribution >= 0.6 is 15.9 Å². The smallest absolute Gasteiger partial charge is 0.224 e. The molecule has 0 unspecified atom stereocenters. The maximum atomic E-state index is 5.80. The van der Waals surface area contributed by atoms with Crippen LogP contribution in [0, 0.1) is 0 Å². The van der Waals surface area contributed by atoms with Crippen molar-refractivity contribution < 1.29 is 9.47 Å². The molecule has 1 saturated carbocycles. The van der Waals surface area contributed by atoms with E-state index in [1.54, 1.807) is 13.2 Å². The van der Waals surface area contributed by atoms with Crippen molar-refractivity contribution in [2.75, 3.05) is 12.8 Å². The van der Waals surface area contributed by atoms with E-state index < -0.39 is 0 Å². The maximum absolute atomic E-state index is 5.80. The highest BCUT2D eigenvalue weighted by Crippen LogP contribution is 2.39. The molecule has 0 saturated heterocycles. The zero-order valence-electron chi connectivity index (χ0n) is 11.0. The number of aromatic nitrogens is 2. The number of nitrogens with two attached hydrogens (primary N) is 1. The molecule has 6 heteroatoms. The van der Waals surface area contributed by atoms with Crippen molar-refractivity contribution in [3.05, 3.63) is 34.6 Å². The normalized spacial score (nSPS) is 14.1. The SMILES string of the molecule is COc1ccc(Oc2cc(N)nc(C3CC3)n2)c(Br)c1. The Hall–Kier alpha value is -1.82. The molecule has 0 spiro atoms. The Kier molecular flexibility index (Phi) is 3.48. The third-order valence-corrected chi connectivity index (χ3v) is 3.66. The van der Waals surface area contributed by atoms with Crippen LogP contribution in [0.4, 0.5) is 5.82 Å². The number of rotatable bonds is 4. The minimum Gasteiger partial charge on any atom is -0.497 e. The Balaban J connectivity index is 1.87. The highest BCUT2D eigenvalue weighted by Gasteiger charge is 2.27. The van der Waals surface area contributed by atoms with Crippen LogP contribution in [-0.4, -0.2) is 17.1 Å². The molecule has 2 N–H and O–H groups in total. The molecule has 0 atom stereocenters. The molecule has 104 valence electrons. The topological polar surface area (TPSA) is 70.3 Å². The number of nitrogen functional groups attached to an aromatic ring is 1. The molecule has 1 aromatic heterocycles. The van der Waals surface area contributed by atoms with Gasteiger partial charge in [-0.2, -0.15) is 4.98 Å². The molecule has 20 heavy (non-hydrogen) atoms. The lowest BCUT2D eigenvalue weighted by Gasteiger charge is -2.09. The predicted octanol–water partition coefficient (Wildman–Crippen LogP) is 3.50. The first-order valence-electron chi connectivity index (χ1n) is 6.31. The molecular formula is C14H14BrN3O2. The predicted molar refractivity (Wildman–Crippen MR) is 79.2 cm³/mol. The van der Waals surface area contributed by atoms with Crippen LogP contribution in [0.3, 0.4) is 0 Å². The van der Waals surface area contributed by atoms with Gasteiger partial charge in [0, 0.05) is 12.0 Å². The van der Waals surface area contributed by atoms with E-state index in [0.29, 0.717) is 23.4 Å². The molecule has 0 bridgehead atoms. The van der Waals surface area contributed by atoms with Gasteiger partial charge in [0.2, 0.25) is 5.88 Å². The number of hydrogen-bond acceptors (Lipinski definition) is 5. The molecular weight excluding hydrogens is 322 g/mol. The van der Waals surface area contributed by atoms with Crippen LogP contribution in [0.2, 0.25) is 0 Å². The lowest BCUT2D eigenvalue weighted by Crippen LogP contribution is -2.00. The van der Waals surface area contributed by atoms with Gasteiger partial charge in [-0.25, -0.2) is 4.98 Å². The Bertz CT molecular complexity index is 644. The molecule has 1 heterocycles. The lowest BCUT2D eigenvalue weighted by atomic mass is 10.3. The molecule has 3 rings (SSSR count). The number of benzene rings is 1. The second kappa shape index (κ2) is 5.28. The molecule has 0 amide bonds. The fourth-order valence-corrected chi connectivity index (χ4v) is 2.28. The van der Waals surface area contributed by atoms with Crippen molar-refractivity contribution in [1.82, 2.24) is 9.97 Å². The summed E-state index contributed by atoms with van der Waals surface area (Å²) in [7, 11) is 1.62. The van der Waals surface area contributed by atoms with Crippen molar-refractivity contribution in [2.24, 2.45) is 0 Å². The second-order valence-electron chi connectivity index (χ2n) is 4.66. The number of nitrogens with zero attached hydrogens (tertiary/aromatic N) is 2. The summed E-state index contributed by atoms with van der Waals surface area (Å²) in [6, 6.07) is 7.11. The maximum Gasteiger partial charge on any atom is 0.224 e. The highest BCUT2D eigenvalue weighted by molar-refractivity contribution is 9.10. The van der Waals surface area contributed by atoms with Gasteiger partial charge in [-0.1, -0.05) is 0 Å². The third-order valence-electron chi connectivity index (χ3n) is 3.04. The summed E-state index contributed by atoms with van der Waals surface area (Å²) in [5, 5.41) is 0. The minimum atomic E-state index is 0.431. The van der Waals surface area contributed by atoms with Gasteiger partial charge in [0.1, 0.15) is 23.1 Å². The van der Waals surface area contributed by atoms with E-state index in [1.165, 1.54) is 0 Å². The summed E-state index contributed by atoms with van der Waals surface area (Å²) in [6.07, 6.45) is 2.24. The monoisotopic (exact) mass is 335 g/mol. The summed E-state index contributed by atoms with van der Waals surface area (Å²) in [6.45, 7) is 0. The van der Waals surface area contributed by atoms with Crippen LogP contribution in [0.5, 0.6) is 17.4 Å². The van der Waals surface area contributed by atoms with Gasteiger partial charge in [-0.15, -0.1) is 0 Å². The molecule has 1 fully saturated rings. The summed E-state index contributed by atoms with van der Waals surface area (Å²) in [4.78, 5) is 8.65. The molecule has 1 aliphatic rings.